The summed E-state index contributed by atoms with van der Waals surface area (Å²) in [6.45, 7) is 0. The highest BCUT2D eigenvalue weighted by molar-refractivity contribution is 9.11. The van der Waals surface area contributed by atoms with E-state index < -0.39 is 0 Å². The van der Waals surface area contributed by atoms with Crippen molar-refractivity contribution in [3.8, 4) is 6.07 Å². The van der Waals surface area contributed by atoms with Gasteiger partial charge >= 0.3 is 0 Å². The molecule has 0 saturated heterocycles. The Hall–Kier alpha value is -0.590. The summed E-state index contributed by atoms with van der Waals surface area (Å²) in [5, 5.41) is 8.31. The number of nitriles is 1. The fourth-order valence-electron chi connectivity index (χ4n) is 0.805. The van der Waals surface area contributed by atoms with Gasteiger partial charge in [0, 0.05) is 15.0 Å². The summed E-state index contributed by atoms with van der Waals surface area (Å²) in [7, 11) is 0. The largest absolute Gasteiger partial charge is 0.193 e. The first kappa shape index (κ1) is 9.50. The van der Waals surface area contributed by atoms with Gasteiger partial charge in [0.25, 0.3) is 0 Å². The summed E-state index contributed by atoms with van der Waals surface area (Å²) < 4.78 is 1.99. The lowest BCUT2D eigenvalue weighted by atomic mass is 10.2. The highest BCUT2D eigenvalue weighted by atomic mass is 79.9. The lowest BCUT2D eigenvalue weighted by Crippen LogP contribution is -1.73. The molecule has 0 fully saturated rings. The Balaban J connectivity index is 3.03. The summed E-state index contributed by atoms with van der Waals surface area (Å²) in [6.07, 6.45) is 3.21. The van der Waals surface area contributed by atoms with E-state index in [1.807, 2.05) is 24.3 Å². The molecule has 60 valence electrons. The van der Waals surface area contributed by atoms with E-state index in [2.05, 4.69) is 31.9 Å². The fourth-order valence-corrected chi connectivity index (χ4v) is 2.13. The minimum Gasteiger partial charge on any atom is -0.193 e. The predicted molar refractivity (Wildman–Crippen MR) is 56.5 cm³/mol. The van der Waals surface area contributed by atoms with Crippen molar-refractivity contribution in [1.29, 1.82) is 5.26 Å². The molecule has 0 aliphatic heterocycles. The van der Waals surface area contributed by atoms with Crippen LogP contribution in [0.5, 0.6) is 0 Å². The van der Waals surface area contributed by atoms with Gasteiger partial charge in [0.1, 0.15) is 0 Å². The summed E-state index contributed by atoms with van der Waals surface area (Å²) in [5.41, 5.74) is 0.998. The van der Waals surface area contributed by atoms with Gasteiger partial charge in [-0.05, 0) is 29.8 Å². The van der Waals surface area contributed by atoms with E-state index in [1.54, 1.807) is 6.08 Å². The molecule has 0 heterocycles. The second-order valence-electron chi connectivity index (χ2n) is 2.17. The van der Waals surface area contributed by atoms with Gasteiger partial charge in [-0.1, -0.05) is 31.9 Å². The zero-order chi connectivity index (χ0) is 8.97. The molecule has 0 aliphatic rings. The fraction of sp³-hybridized carbons (Fsp3) is 0. The summed E-state index contributed by atoms with van der Waals surface area (Å²) in [6, 6.07) is 7.78. The molecule has 12 heavy (non-hydrogen) atoms. The van der Waals surface area contributed by atoms with Gasteiger partial charge in [-0.15, -0.1) is 0 Å². The maximum absolute atomic E-state index is 8.31. The maximum atomic E-state index is 8.31. The second kappa shape index (κ2) is 4.44. The first-order valence-corrected chi connectivity index (χ1v) is 4.83. The average Bonchev–Trinajstić information content (AvgIpc) is 1.99. The number of rotatable bonds is 1. The quantitative estimate of drug-likeness (QED) is 0.722. The van der Waals surface area contributed by atoms with Crippen LogP contribution in [-0.2, 0) is 0 Å². The average molecular weight is 287 g/mol. The zero-order valence-electron chi connectivity index (χ0n) is 6.09. The molecule has 1 aromatic rings. The maximum Gasteiger partial charge on any atom is 0.0912 e. The van der Waals surface area contributed by atoms with Gasteiger partial charge < -0.3 is 0 Å². The Bertz CT molecular complexity index is 330. The van der Waals surface area contributed by atoms with E-state index in [0.717, 1.165) is 14.5 Å². The Kier molecular flexibility index (Phi) is 3.51. The Morgan fingerprint density at radius 1 is 1.17 bits per heavy atom. The van der Waals surface area contributed by atoms with Gasteiger partial charge in [0.15, 0.2) is 0 Å². The molecule has 0 bridgehead atoms. The molecule has 0 saturated carbocycles. The van der Waals surface area contributed by atoms with Gasteiger partial charge in [0.2, 0.25) is 0 Å². The lowest BCUT2D eigenvalue weighted by Gasteiger charge is -1.95. The Morgan fingerprint density at radius 3 is 2.25 bits per heavy atom. The van der Waals surface area contributed by atoms with Crippen molar-refractivity contribution in [3.05, 3.63) is 38.8 Å². The highest BCUT2D eigenvalue weighted by Crippen LogP contribution is 2.20. The van der Waals surface area contributed by atoms with Crippen molar-refractivity contribution in [2.45, 2.75) is 0 Å². The van der Waals surface area contributed by atoms with Crippen molar-refractivity contribution in [1.82, 2.24) is 0 Å². The van der Waals surface area contributed by atoms with E-state index in [4.69, 9.17) is 5.26 Å². The summed E-state index contributed by atoms with van der Waals surface area (Å²) in [5.74, 6) is 0. The molecule has 1 aromatic carbocycles. The van der Waals surface area contributed by atoms with Crippen LogP contribution in [0.2, 0.25) is 0 Å². The van der Waals surface area contributed by atoms with Crippen LogP contribution in [0.3, 0.4) is 0 Å². The van der Waals surface area contributed by atoms with Crippen LogP contribution in [0.1, 0.15) is 5.56 Å². The van der Waals surface area contributed by atoms with Crippen molar-refractivity contribution < 1.29 is 0 Å². The number of nitrogens with zero attached hydrogens (tertiary/aromatic N) is 1. The van der Waals surface area contributed by atoms with Crippen molar-refractivity contribution in [3.63, 3.8) is 0 Å². The van der Waals surface area contributed by atoms with Crippen molar-refractivity contribution >= 4 is 37.9 Å². The highest BCUT2D eigenvalue weighted by Gasteiger charge is 1.93. The van der Waals surface area contributed by atoms with E-state index in [9.17, 15) is 0 Å². The molecule has 0 aliphatic carbocycles. The molecule has 1 nitrogen and oxygen atoms in total. The summed E-state index contributed by atoms with van der Waals surface area (Å²) in [4.78, 5) is 0. The second-order valence-corrected chi connectivity index (χ2v) is 4.00. The molecule has 0 amide bonds. The molecule has 0 atom stereocenters. The third-order valence-corrected chi connectivity index (χ3v) is 2.15. The van der Waals surface area contributed by atoms with E-state index >= 15 is 0 Å². The minimum absolute atomic E-state index is 0.995. The standard InChI is InChI=1S/C9H5Br2N/c10-8-4-7(2-1-3-12)5-9(11)6-8/h1-2,4-6H. The molecular formula is C9H5Br2N. The predicted octanol–water partition coefficient (Wildman–Crippen LogP) is 3.75. The van der Waals surface area contributed by atoms with E-state index in [1.165, 1.54) is 6.08 Å². The number of halogens is 2. The monoisotopic (exact) mass is 285 g/mol. The summed E-state index contributed by atoms with van der Waals surface area (Å²) >= 11 is 6.72. The van der Waals surface area contributed by atoms with Crippen LogP contribution >= 0.6 is 31.9 Å². The van der Waals surface area contributed by atoms with Gasteiger partial charge in [-0.25, -0.2) is 0 Å². The normalized spacial score (nSPS) is 10.1. The number of hydrogen-bond donors (Lipinski definition) is 0. The van der Waals surface area contributed by atoms with E-state index in [0.29, 0.717) is 0 Å². The van der Waals surface area contributed by atoms with Crippen molar-refractivity contribution in [2.24, 2.45) is 0 Å². The van der Waals surface area contributed by atoms with Crippen LogP contribution < -0.4 is 0 Å². The molecule has 0 unspecified atom stereocenters. The van der Waals surface area contributed by atoms with E-state index in [-0.39, 0.29) is 0 Å². The topological polar surface area (TPSA) is 23.8 Å². The third kappa shape index (κ3) is 2.80. The van der Waals surface area contributed by atoms with Gasteiger partial charge in [-0.2, -0.15) is 5.26 Å². The number of allylic oxidation sites excluding steroid dienone is 1. The van der Waals surface area contributed by atoms with Gasteiger partial charge in [0.05, 0.1) is 6.07 Å². The molecule has 0 spiro atoms. The lowest BCUT2D eigenvalue weighted by molar-refractivity contribution is 1.53. The van der Waals surface area contributed by atoms with Crippen LogP contribution in [0.4, 0.5) is 0 Å². The molecule has 0 N–H and O–H groups in total. The number of benzene rings is 1. The minimum atomic E-state index is 0.995. The zero-order valence-corrected chi connectivity index (χ0v) is 9.26. The molecule has 0 aromatic heterocycles. The van der Waals surface area contributed by atoms with Crippen LogP contribution in [0.15, 0.2) is 33.2 Å². The molecule has 0 radical (unpaired) electrons. The van der Waals surface area contributed by atoms with Crippen LogP contribution in [0.25, 0.3) is 6.08 Å². The SMILES string of the molecule is N#CC=Cc1cc(Br)cc(Br)c1. The smallest absolute Gasteiger partial charge is 0.0912 e. The first-order chi connectivity index (χ1) is 5.72. The van der Waals surface area contributed by atoms with Crippen molar-refractivity contribution in [2.75, 3.05) is 0 Å². The molecule has 1 rings (SSSR count). The number of hydrogen-bond acceptors (Lipinski definition) is 1. The Morgan fingerprint density at radius 2 is 1.75 bits per heavy atom. The Labute approximate surface area is 88.0 Å². The first-order valence-electron chi connectivity index (χ1n) is 3.24. The van der Waals surface area contributed by atoms with Crippen LogP contribution in [0, 0.1) is 11.3 Å². The third-order valence-electron chi connectivity index (χ3n) is 1.24. The molecule has 3 heteroatoms. The van der Waals surface area contributed by atoms with Crippen LogP contribution in [-0.4, -0.2) is 0 Å². The molecular weight excluding hydrogens is 282 g/mol. The van der Waals surface area contributed by atoms with Gasteiger partial charge in [-0.3, -0.25) is 0 Å².